The van der Waals surface area contributed by atoms with Gasteiger partial charge in [0.2, 0.25) is 0 Å². The van der Waals surface area contributed by atoms with Gasteiger partial charge in [0, 0.05) is 18.0 Å². The van der Waals surface area contributed by atoms with Gasteiger partial charge >= 0.3 is 0 Å². The van der Waals surface area contributed by atoms with Crippen LogP contribution in [0.4, 0.5) is 0 Å². The van der Waals surface area contributed by atoms with E-state index in [-0.39, 0.29) is 5.91 Å². The zero-order chi connectivity index (χ0) is 19.5. The average Bonchev–Trinajstić information content (AvgIpc) is 3.31. The van der Waals surface area contributed by atoms with Crippen LogP contribution >= 0.6 is 22.7 Å². The summed E-state index contributed by atoms with van der Waals surface area (Å²) in [6.07, 6.45) is 0. The van der Waals surface area contributed by atoms with Gasteiger partial charge in [0.15, 0.2) is 0 Å². The number of thiazole rings is 2. The number of hydrogen-bond acceptors (Lipinski definition) is 6. The maximum absolute atomic E-state index is 12.7. The van der Waals surface area contributed by atoms with Crippen molar-refractivity contribution in [2.24, 2.45) is 0 Å². The largest absolute Gasteiger partial charge is 0.487 e. The van der Waals surface area contributed by atoms with Crippen LogP contribution in [-0.4, -0.2) is 27.8 Å². The lowest BCUT2D eigenvalue weighted by molar-refractivity contribution is 0.0785. The molecule has 0 spiro atoms. The molecule has 0 unspecified atom stereocenters. The maximum atomic E-state index is 12.7. The Balaban J connectivity index is 1.38. The first-order valence-corrected chi connectivity index (χ1v) is 10.5. The predicted octanol–water partition coefficient (Wildman–Crippen LogP) is 4.91. The second-order valence-electron chi connectivity index (χ2n) is 6.41. The fourth-order valence-electron chi connectivity index (χ4n) is 2.81. The number of amides is 1. The average molecular weight is 410 g/mol. The van der Waals surface area contributed by atoms with Crippen LogP contribution in [0.2, 0.25) is 0 Å². The zero-order valence-corrected chi connectivity index (χ0v) is 17.2. The first kappa shape index (κ1) is 18.6. The fourth-order valence-corrected chi connectivity index (χ4v) is 4.43. The van der Waals surface area contributed by atoms with Crippen LogP contribution in [-0.2, 0) is 13.2 Å². The van der Waals surface area contributed by atoms with Crippen LogP contribution in [0, 0.1) is 6.92 Å². The van der Waals surface area contributed by atoms with Crippen molar-refractivity contribution in [1.29, 1.82) is 0 Å². The van der Waals surface area contributed by atoms with Crippen molar-refractivity contribution < 1.29 is 9.53 Å². The third-order valence-electron chi connectivity index (χ3n) is 4.21. The number of benzene rings is 2. The Morgan fingerprint density at radius 2 is 1.89 bits per heavy atom. The Morgan fingerprint density at radius 3 is 2.61 bits per heavy atom. The molecule has 0 bridgehead atoms. The van der Waals surface area contributed by atoms with Gasteiger partial charge in [-0.3, -0.25) is 4.79 Å². The third kappa shape index (κ3) is 4.21. The highest BCUT2D eigenvalue weighted by atomic mass is 32.1. The van der Waals surface area contributed by atoms with E-state index < -0.39 is 0 Å². The van der Waals surface area contributed by atoms with E-state index in [0.717, 1.165) is 31.7 Å². The van der Waals surface area contributed by atoms with Gasteiger partial charge in [0.05, 0.1) is 27.5 Å². The minimum atomic E-state index is -0.0408. The summed E-state index contributed by atoms with van der Waals surface area (Å²) >= 11 is 3.22. The van der Waals surface area contributed by atoms with Crippen molar-refractivity contribution >= 4 is 38.8 Å². The van der Waals surface area contributed by atoms with E-state index in [4.69, 9.17) is 4.74 Å². The van der Waals surface area contributed by atoms with Crippen molar-refractivity contribution in [1.82, 2.24) is 14.9 Å². The number of ether oxygens (including phenoxy) is 1. The Bertz CT molecular complexity index is 1070. The Kier molecular flexibility index (Phi) is 5.36. The van der Waals surface area contributed by atoms with Crippen LogP contribution < -0.4 is 4.74 Å². The number of hydrogen-bond donors (Lipinski definition) is 0. The topological polar surface area (TPSA) is 55.3 Å². The molecule has 0 saturated carbocycles. The van der Waals surface area contributed by atoms with Gasteiger partial charge in [-0.1, -0.05) is 12.1 Å². The number of para-hydroxylation sites is 1. The molecule has 0 aliphatic heterocycles. The second kappa shape index (κ2) is 8.08. The second-order valence-corrected chi connectivity index (χ2v) is 8.58. The van der Waals surface area contributed by atoms with Crippen LogP contribution in [0.15, 0.2) is 53.9 Å². The molecule has 2 aromatic heterocycles. The molecule has 2 heterocycles. The highest BCUT2D eigenvalue weighted by Crippen LogP contribution is 2.23. The molecule has 28 heavy (non-hydrogen) atoms. The summed E-state index contributed by atoms with van der Waals surface area (Å²) in [6, 6.07) is 15.2. The summed E-state index contributed by atoms with van der Waals surface area (Å²) in [6.45, 7) is 2.88. The molecule has 0 radical (unpaired) electrons. The van der Waals surface area contributed by atoms with E-state index in [0.29, 0.717) is 18.7 Å². The number of carbonyl (C=O) groups is 1. The monoisotopic (exact) mass is 409 g/mol. The lowest BCUT2D eigenvalue weighted by Gasteiger charge is -2.16. The first-order chi connectivity index (χ1) is 13.6. The molecule has 0 aliphatic carbocycles. The predicted molar refractivity (Wildman–Crippen MR) is 113 cm³/mol. The quantitative estimate of drug-likeness (QED) is 0.454. The highest BCUT2D eigenvalue weighted by Gasteiger charge is 2.14. The molecule has 5 nitrogen and oxygen atoms in total. The number of carbonyl (C=O) groups excluding carboxylic acids is 1. The van der Waals surface area contributed by atoms with Crippen molar-refractivity contribution in [2.45, 2.75) is 20.1 Å². The van der Waals surface area contributed by atoms with Gasteiger partial charge < -0.3 is 9.64 Å². The Morgan fingerprint density at radius 1 is 1.11 bits per heavy atom. The molecule has 2 aromatic carbocycles. The summed E-state index contributed by atoms with van der Waals surface area (Å²) in [5.74, 6) is 0.678. The summed E-state index contributed by atoms with van der Waals surface area (Å²) in [4.78, 5) is 23.4. The van der Waals surface area contributed by atoms with Crippen LogP contribution in [0.5, 0.6) is 5.75 Å². The van der Waals surface area contributed by atoms with Crippen molar-refractivity contribution in [3.05, 3.63) is 75.2 Å². The molecule has 0 atom stereocenters. The normalized spacial score (nSPS) is 10.9. The number of nitrogens with zero attached hydrogens (tertiary/aromatic N) is 3. The molecular formula is C21H19N3O2S2. The van der Waals surface area contributed by atoms with Crippen molar-refractivity contribution in [2.75, 3.05) is 7.05 Å². The van der Waals surface area contributed by atoms with Gasteiger partial charge in [-0.25, -0.2) is 9.97 Å². The molecule has 1 amide bonds. The number of fused-ring (bicyclic) bond motifs is 1. The third-order valence-corrected chi connectivity index (χ3v) is 6.06. The smallest absolute Gasteiger partial charge is 0.253 e. The molecule has 0 aliphatic rings. The molecule has 4 aromatic rings. The summed E-state index contributed by atoms with van der Waals surface area (Å²) in [7, 11) is 1.80. The van der Waals surface area contributed by atoms with E-state index in [1.54, 1.807) is 46.8 Å². The molecular weight excluding hydrogens is 390 g/mol. The lowest BCUT2D eigenvalue weighted by Crippen LogP contribution is -2.26. The summed E-state index contributed by atoms with van der Waals surface area (Å²) in [5.41, 5.74) is 2.51. The molecule has 142 valence electrons. The molecule has 0 fully saturated rings. The summed E-state index contributed by atoms with van der Waals surface area (Å²) < 4.78 is 6.88. The van der Waals surface area contributed by atoms with E-state index in [1.165, 1.54) is 0 Å². The first-order valence-electron chi connectivity index (χ1n) is 8.82. The van der Waals surface area contributed by atoms with Crippen LogP contribution in [0.3, 0.4) is 0 Å². The van der Waals surface area contributed by atoms with Crippen LogP contribution in [0.1, 0.15) is 26.1 Å². The number of rotatable bonds is 6. The minimum Gasteiger partial charge on any atom is -0.487 e. The Hall–Kier alpha value is -2.77. The minimum absolute atomic E-state index is 0.0408. The molecule has 4 rings (SSSR count). The maximum Gasteiger partial charge on any atom is 0.253 e. The fraction of sp³-hybridized carbons (Fsp3) is 0.190. The number of aromatic nitrogens is 2. The molecule has 7 heteroatoms. The lowest BCUT2D eigenvalue weighted by atomic mass is 10.2. The van der Waals surface area contributed by atoms with E-state index in [2.05, 4.69) is 9.97 Å². The van der Waals surface area contributed by atoms with Crippen molar-refractivity contribution in [3.8, 4) is 5.75 Å². The molecule has 0 saturated heterocycles. The van der Waals surface area contributed by atoms with Crippen molar-refractivity contribution in [3.63, 3.8) is 0 Å². The standard InChI is InChI=1S/C21H19N3O2S2/c1-14-22-16(13-27-14)12-26-17-9-7-15(8-10-17)21(25)24(2)11-20-23-18-5-3-4-6-19(18)28-20/h3-10,13H,11-12H2,1-2H3. The SMILES string of the molecule is Cc1nc(COc2ccc(C(=O)N(C)Cc3nc4ccccc4s3)cc2)cs1. The molecule has 0 N–H and O–H groups in total. The number of aryl methyl sites for hydroxylation is 1. The zero-order valence-electron chi connectivity index (χ0n) is 15.6. The van der Waals surface area contributed by atoms with Gasteiger partial charge in [-0.15, -0.1) is 22.7 Å². The summed E-state index contributed by atoms with van der Waals surface area (Å²) in [5, 5.41) is 3.94. The van der Waals surface area contributed by atoms with Gasteiger partial charge in [0.25, 0.3) is 5.91 Å². The van der Waals surface area contributed by atoms with E-state index >= 15 is 0 Å². The van der Waals surface area contributed by atoms with E-state index in [9.17, 15) is 4.79 Å². The van der Waals surface area contributed by atoms with Gasteiger partial charge in [-0.2, -0.15) is 0 Å². The van der Waals surface area contributed by atoms with Gasteiger partial charge in [-0.05, 0) is 43.3 Å². The highest BCUT2D eigenvalue weighted by molar-refractivity contribution is 7.18. The van der Waals surface area contributed by atoms with Gasteiger partial charge in [0.1, 0.15) is 17.4 Å². The van der Waals surface area contributed by atoms with E-state index in [1.807, 2.05) is 48.7 Å². The van der Waals surface area contributed by atoms with Crippen LogP contribution in [0.25, 0.3) is 10.2 Å². The Labute approximate surface area is 171 Å².